The summed E-state index contributed by atoms with van der Waals surface area (Å²) in [6.07, 6.45) is 4.33. The highest BCUT2D eigenvalue weighted by Gasteiger charge is 2.37. The fourth-order valence-electron chi connectivity index (χ4n) is 2.03. The molecule has 0 aromatic carbocycles. The third-order valence-electron chi connectivity index (χ3n) is 3.46. The molecule has 2 rings (SSSR count). The highest BCUT2D eigenvalue weighted by molar-refractivity contribution is 5.07. The molecule has 1 aliphatic carbocycles. The van der Waals surface area contributed by atoms with Gasteiger partial charge in [0, 0.05) is 18.4 Å². The summed E-state index contributed by atoms with van der Waals surface area (Å²) in [4.78, 5) is 4.47. The van der Waals surface area contributed by atoms with Gasteiger partial charge in [-0.05, 0) is 38.6 Å². The van der Waals surface area contributed by atoms with Gasteiger partial charge in [0.05, 0.1) is 0 Å². The molecule has 1 aromatic rings. The molecule has 0 saturated heterocycles. The van der Waals surface area contributed by atoms with Gasteiger partial charge in [0.2, 0.25) is 5.89 Å². The summed E-state index contributed by atoms with van der Waals surface area (Å²) in [6.45, 7) is 7.70. The Morgan fingerprint density at radius 1 is 1.53 bits per heavy atom. The second-order valence-corrected chi connectivity index (χ2v) is 5.26. The van der Waals surface area contributed by atoms with E-state index in [-0.39, 0.29) is 0 Å². The van der Waals surface area contributed by atoms with Gasteiger partial charge in [-0.25, -0.2) is 0 Å². The Morgan fingerprint density at radius 3 is 2.94 bits per heavy atom. The lowest BCUT2D eigenvalue weighted by atomic mass is 10.2. The highest BCUT2D eigenvalue weighted by Crippen LogP contribution is 2.45. The summed E-state index contributed by atoms with van der Waals surface area (Å²) in [7, 11) is 0. The van der Waals surface area contributed by atoms with E-state index in [2.05, 4.69) is 36.2 Å². The zero-order valence-corrected chi connectivity index (χ0v) is 11.1. The van der Waals surface area contributed by atoms with E-state index in [1.807, 2.05) is 0 Å². The van der Waals surface area contributed by atoms with Crippen LogP contribution >= 0.6 is 0 Å². The lowest BCUT2D eigenvalue weighted by molar-refractivity contribution is 0.362. The predicted molar refractivity (Wildman–Crippen MR) is 66.9 cm³/mol. The highest BCUT2D eigenvalue weighted by atomic mass is 16.5. The van der Waals surface area contributed by atoms with Gasteiger partial charge in [0.15, 0.2) is 5.82 Å². The molecule has 1 aromatic heterocycles. The summed E-state index contributed by atoms with van der Waals surface area (Å²) >= 11 is 0. The first kappa shape index (κ1) is 12.6. The van der Waals surface area contributed by atoms with Crippen molar-refractivity contribution >= 4 is 0 Å². The number of aromatic nitrogens is 2. The molecule has 4 nitrogen and oxygen atoms in total. The van der Waals surface area contributed by atoms with E-state index < -0.39 is 0 Å². The second kappa shape index (κ2) is 5.63. The summed E-state index contributed by atoms with van der Waals surface area (Å²) in [5, 5.41) is 7.52. The van der Waals surface area contributed by atoms with Crippen LogP contribution in [0.25, 0.3) is 0 Å². The summed E-state index contributed by atoms with van der Waals surface area (Å²) in [5.74, 6) is 3.01. The van der Waals surface area contributed by atoms with E-state index in [0.717, 1.165) is 37.0 Å². The molecule has 1 N–H and O–H groups in total. The van der Waals surface area contributed by atoms with E-state index >= 15 is 0 Å². The van der Waals surface area contributed by atoms with Gasteiger partial charge in [-0.1, -0.05) is 19.0 Å². The van der Waals surface area contributed by atoms with Gasteiger partial charge >= 0.3 is 0 Å². The summed E-state index contributed by atoms with van der Waals surface area (Å²) in [5.41, 5.74) is 0. The normalized spacial score (nSPS) is 24.9. The van der Waals surface area contributed by atoms with Crippen LogP contribution in [-0.4, -0.2) is 22.7 Å². The Hall–Kier alpha value is -0.900. The molecule has 1 saturated carbocycles. The molecular weight excluding hydrogens is 214 g/mol. The molecule has 1 fully saturated rings. The van der Waals surface area contributed by atoms with Crippen molar-refractivity contribution in [1.29, 1.82) is 0 Å². The van der Waals surface area contributed by atoms with Gasteiger partial charge in [0.1, 0.15) is 0 Å². The van der Waals surface area contributed by atoms with Gasteiger partial charge in [0.25, 0.3) is 0 Å². The van der Waals surface area contributed by atoms with Crippen LogP contribution in [0.1, 0.15) is 57.7 Å². The second-order valence-electron chi connectivity index (χ2n) is 5.26. The molecule has 0 amide bonds. The Labute approximate surface area is 103 Å². The first-order chi connectivity index (χ1) is 8.20. The summed E-state index contributed by atoms with van der Waals surface area (Å²) < 4.78 is 5.28. The minimum atomic E-state index is 0.519. The maximum Gasteiger partial charge on any atom is 0.226 e. The lowest BCUT2D eigenvalue weighted by Crippen LogP contribution is -2.27. The molecule has 4 heteroatoms. The quantitative estimate of drug-likeness (QED) is 0.791. The van der Waals surface area contributed by atoms with Crippen molar-refractivity contribution in [2.75, 3.05) is 6.54 Å². The first-order valence-corrected chi connectivity index (χ1v) is 6.76. The average molecular weight is 237 g/mol. The van der Waals surface area contributed by atoms with Gasteiger partial charge < -0.3 is 9.84 Å². The number of hydrogen-bond donors (Lipinski definition) is 1. The zero-order chi connectivity index (χ0) is 12.3. The Kier molecular flexibility index (Phi) is 4.15. The molecule has 1 heterocycles. The van der Waals surface area contributed by atoms with Gasteiger partial charge in [-0.3, -0.25) is 0 Å². The lowest BCUT2D eigenvalue weighted by Gasteiger charge is -2.10. The van der Waals surface area contributed by atoms with E-state index in [1.165, 1.54) is 12.8 Å². The third kappa shape index (κ3) is 3.53. The third-order valence-corrected chi connectivity index (χ3v) is 3.46. The fraction of sp³-hybridized carbons (Fsp3) is 0.846. The molecule has 17 heavy (non-hydrogen) atoms. The van der Waals surface area contributed by atoms with Crippen LogP contribution in [0, 0.1) is 5.92 Å². The predicted octanol–water partition coefficient (Wildman–Crippen LogP) is 2.51. The standard InChI is InChI=1S/C13H23N3O/c1-4-7-14-10(3)5-6-12-15-13(16-17-12)11-8-9(11)2/h9-11,14H,4-8H2,1-3H3. The molecule has 0 radical (unpaired) electrons. The van der Waals surface area contributed by atoms with Crippen molar-refractivity contribution in [2.24, 2.45) is 5.92 Å². The molecular formula is C13H23N3O. The van der Waals surface area contributed by atoms with Crippen molar-refractivity contribution in [3.63, 3.8) is 0 Å². The van der Waals surface area contributed by atoms with Crippen LogP contribution in [0.3, 0.4) is 0 Å². The summed E-state index contributed by atoms with van der Waals surface area (Å²) in [6, 6.07) is 0.519. The average Bonchev–Trinajstić information content (AvgIpc) is 2.88. The number of nitrogens with zero attached hydrogens (tertiary/aromatic N) is 2. The number of aryl methyl sites for hydroxylation is 1. The largest absolute Gasteiger partial charge is 0.339 e. The van der Waals surface area contributed by atoms with Crippen molar-refractivity contribution in [2.45, 2.75) is 58.4 Å². The Balaban J connectivity index is 1.73. The Bertz CT molecular complexity index is 350. The van der Waals surface area contributed by atoms with Crippen LogP contribution in [0.4, 0.5) is 0 Å². The first-order valence-electron chi connectivity index (χ1n) is 6.76. The van der Waals surface area contributed by atoms with Gasteiger partial charge in [-0.15, -0.1) is 0 Å². The van der Waals surface area contributed by atoms with Crippen LogP contribution in [0.15, 0.2) is 4.52 Å². The van der Waals surface area contributed by atoms with Crippen LogP contribution in [-0.2, 0) is 6.42 Å². The van der Waals surface area contributed by atoms with Crippen LogP contribution < -0.4 is 5.32 Å². The minimum Gasteiger partial charge on any atom is -0.339 e. The van der Waals surface area contributed by atoms with E-state index in [1.54, 1.807) is 0 Å². The zero-order valence-electron chi connectivity index (χ0n) is 11.1. The number of rotatable bonds is 7. The molecule has 3 unspecified atom stereocenters. The van der Waals surface area contributed by atoms with Crippen molar-refractivity contribution in [3.05, 3.63) is 11.7 Å². The molecule has 3 atom stereocenters. The molecule has 1 aliphatic rings. The van der Waals surface area contributed by atoms with E-state index in [0.29, 0.717) is 12.0 Å². The van der Waals surface area contributed by atoms with Crippen molar-refractivity contribution < 1.29 is 4.52 Å². The molecule has 0 spiro atoms. The Morgan fingerprint density at radius 2 is 2.29 bits per heavy atom. The minimum absolute atomic E-state index is 0.519. The maximum absolute atomic E-state index is 5.28. The molecule has 0 bridgehead atoms. The topological polar surface area (TPSA) is 51.0 Å². The van der Waals surface area contributed by atoms with Crippen molar-refractivity contribution in [3.8, 4) is 0 Å². The van der Waals surface area contributed by atoms with E-state index in [9.17, 15) is 0 Å². The maximum atomic E-state index is 5.28. The molecule has 96 valence electrons. The SMILES string of the molecule is CCCNC(C)CCc1nc(C2CC2C)no1. The van der Waals surface area contributed by atoms with Gasteiger partial charge in [-0.2, -0.15) is 4.98 Å². The smallest absolute Gasteiger partial charge is 0.226 e. The monoisotopic (exact) mass is 237 g/mol. The van der Waals surface area contributed by atoms with Crippen LogP contribution in [0.5, 0.6) is 0 Å². The van der Waals surface area contributed by atoms with Crippen LogP contribution in [0.2, 0.25) is 0 Å². The number of nitrogens with one attached hydrogen (secondary N) is 1. The van der Waals surface area contributed by atoms with E-state index in [4.69, 9.17) is 4.52 Å². The fourth-order valence-corrected chi connectivity index (χ4v) is 2.03. The number of hydrogen-bond acceptors (Lipinski definition) is 4. The van der Waals surface area contributed by atoms with Crippen molar-refractivity contribution in [1.82, 2.24) is 15.5 Å². The molecule has 0 aliphatic heterocycles.